The number of hydrogen-bond donors (Lipinski definition) is 2. The van der Waals surface area contributed by atoms with Gasteiger partial charge >= 0.3 is 7.75 Å². The zero-order valence-corrected chi connectivity index (χ0v) is 7.75. The Labute approximate surface area is 66.7 Å². The monoisotopic (exact) mass is 182 g/mol. The fourth-order valence-corrected chi connectivity index (χ4v) is 0.899. The SMILES string of the molecule is CCN(CC)COP(N)(=O)O. The maximum Gasteiger partial charge on any atom is 0.401 e. The van der Waals surface area contributed by atoms with Crippen LogP contribution in [-0.2, 0) is 9.09 Å². The molecule has 0 amide bonds. The van der Waals surface area contributed by atoms with Crippen LogP contribution in [0.2, 0.25) is 0 Å². The van der Waals surface area contributed by atoms with Crippen LogP contribution in [-0.4, -0.2) is 29.6 Å². The van der Waals surface area contributed by atoms with Crippen molar-refractivity contribution in [3.63, 3.8) is 0 Å². The van der Waals surface area contributed by atoms with Gasteiger partial charge in [0.15, 0.2) is 0 Å². The predicted molar refractivity (Wildman–Crippen MR) is 42.9 cm³/mol. The highest BCUT2D eigenvalue weighted by molar-refractivity contribution is 7.50. The maximum atomic E-state index is 10.4. The van der Waals surface area contributed by atoms with Gasteiger partial charge in [0.25, 0.3) is 0 Å². The quantitative estimate of drug-likeness (QED) is 0.474. The fourth-order valence-electron chi connectivity index (χ4n) is 0.571. The van der Waals surface area contributed by atoms with Crippen molar-refractivity contribution in [2.24, 2.45) is 5.50 Å². The van der Waals surface area contributed by atoms with Crippen LogP contribution >= 0.6 is 7.75 Å². The van der Waals surface area contributed by atoms with E-state index in [1.807, 2.05) is 18.7 Å². The first-order valence-corrected chi connectivity index (χ1v) is 5.12. The van der Waals surface area contributed by atoms with Crippen LogP contribution < -0.4 is 5.50 Å². The summed E-state index contributed by atoms with van der Waals surface area (Å²) in [7, 11) is -3.79. The molecule has 0 spiro atoms. The molecule has 0 bridgehead atoms. The molecule has 0 saturated heterocycles. The lowest BCUT2D eigenvalue weighted by Crippen LogP contribution is -2.25. The van der Waals surface area contributed by atoms with Gasteiger partial charge in [0.05, 0.1) is 0 Å². The number of hydrogen-bond acceptors (Lipinski definition) is 3. The second-order valence-electron chi connectivity index (χ2n) is 2.13. The topological polar surface area (TPSA) is 75.8 Å². The first-order valence-electron chi connectivity index (χ1n) is 3.47. The molecule has 0 rings (SSSR count). The van der Waals surface area contributed by atoms with Crippen molar-refractivity contribution < 1.29 is 14.0 Å². The molecule has 0 aliphatic heterocycles. The van der Waals surface area contributed by atoms with Gasteiger partial charge in [-0.05, 0) is 13.1 Å². The van der Waals surface area contributed by atoms with E-state index in [1.165, 1.54) is 0 Å². The Bertz CT molecular complexity index is 143. The van der Waals surface area contributed by atoms with Crippen LogP contribution in [0.1, 0.15) is 13.8 Å². The Morgan fingerprint density at radius 2 is 2.00 bits per heavy atom. The molecule has 0 aromatic heterocycles. The van der Waals surface area contributed by atoms with E-state index in [1.54, 1.807) is 0 Å². The third-order valence-corrected chi connectivity index (χ3v) is 1.81. The molecule has 68 valence electrons. The Balaban J connectivity index is 3.59. The summed E-state index contributed by atoms with van der Waals surface area (Å²) >= 11 is 0. The van der Waals surface area contributed by atoms with E-state index in [0.717, 1.165) is 13.1 Å². The highest BCUT2D eigenvalue weighted by Crippen LogP contribution is 2.30. The van der Waals surface area contributed by atoms with E-state index in [0.29, 0.717) is 0 Å². The van der Waals surface area contributed by atoms with Gasteiger partial charge in [0, 0.05) is 0 Å². The summed E-state index contributed by atoms with van der Waals surface area (Å²) in [6.07, 6.45) is 0. The second-order valence-corrected chi connectivity index (χ2v) is 3.51. The van der Waals surface area contributed by atoms with Gasteiger partial charge in [-0.15, -0.1) is 0 Å². The fraction of sp³-hybridized carbons (Fsp3) is 1.00. The minimum absolute atomic E-state index is 0.108. The minimum atomic E-state index is -3.79. The zero-order chi connectivity index (χ0) is 8.91. The Hall–Kier alpha value is 0.0700. The molecule has 0 heterocycles. The molecule has 0 aliphatic carbocycles. The Morgan fingerprint density at radius 1 is 1.55 bits per heavy atom. The number of nitrogens with zero attached hydrogens (tertiary/aromatic N) is 1. The van der Waals surface area contributed by atoms with Crippen molar-refractivity contribution in [3.8, 4) is 0 Å². The molecule has 1 unspecified atom stereocenters. The van der Waals surface area contributed by atoms with Crippen LogP contribution in [0, 0.1) is 0 Å². The zero-order valence-electron chi connectivity index (χ0n) is 6.86. The third kappa shape index (κ3) is 6.47. The number of rotatable bonds is 5. The van der Waals surface area contributed by atoms with Crippen molar-refractivity contribution >= 4 is 7.75 Å². The summed E-state index contributed by atoms with van der Waals surface area (Å²) in [5, 5.41) is 0. The summed E-state index contributed by atoms with van der Waals surface area (Å²) in [5.74, 6) is 0. The largest absolute Gasteiger partial charge is 0.401 e. The molecule has 0 aliphatic rings. The first kappa shape index (κ1) is 11.1. The normalized spacial score (nSPS) is 16.8. The first-order chi connectivity index (χ1) is 4.99. The smallest absolute Gasteiger partial charge is 0.313 e. The van der Waals surface area contributed by atoms with Crippen LogP contribution in [0.4, 0.5) is 0 Å². The standard InChI is InChI=1S/C5H15N2O3P/c1-3-7(4-2)5-10-11(6,8)9/h3-5H2,1-2H3,(H3,6,8,9). The number of nitrogens with two attached hydrogens (primary N) is 1. The minimum Gasteiger partial charge on any atom is -0.313 e. The average molecular weight is 182 g/mol. The van der Waals surface area contributed by atoms with E-state index >= 15 is 0 Å². The predicted octanol–water partition coefficient (Wildman–Crippen LogP) is 0.361. The second kappa shape index (κ2) is 4.85. The van der Waals surface area contributed by atoms with E-state index in [4.69, 9.17) is 10.4 Å². The van der Waals surface area contributed by atoms with E-state index < -0.39 is 7.75 Å². The van der Waals surface area contributed by atoms with Crippen LogP contribution in [0.5, 0.6) is 0 Å². The van der Waals surface area contributed by atoms with Gasteiger partial charge in [0.1, 0.15) is 6.73 Å². The lowest BCUT2D eigenvalue weighted by atomic mass is 10.6. The summed E-state index contributed by atoms with van der Waals surface area (Å²) < 4.78 is 14.9. The van der Waals surface area contributed by atoms with Gasteiger partial charge < -0.3 is 4.89 Å². The summed E-state index contributed by atoms with van der Waals surface area (Å²) in [5.41, 5.74) is 4.76. The van der Waals surface area contributed by atoms with Crippen LogP contribution in [0.25, 0.3) is 0 Å². The highest BCUT2D eigenvalue weighted by atomic mass is 31.2. The third-order valence-electron chi connectivity index (χ3n) is 1.32. The van der Waals surface area contributed by atoms with Crippen molar-refractivity contribution in [3.05, 3.63) is 0 Å². The molecule has 6 heteroatoms. The van der Waals surface area contributed by atoms with E-state index in [9.17, 15) is 4.57 Å². The van der Waals surface area contributed by atoms with Crippen LogP contribution in [0.3, 0.4) is 0 Å². The molecule has 1 atom stereocenters. The van der Waals surface area contributed by atoms with Crippen molar-refractivity contribution in [2.75, 3.05) is 19.8 Å². The van der Waals surface area contributed by atoms with Crippen molar-refractivity contribution in [1.82, 2.24) is 4.90 Å². The molecule has 0 fully saturated rings. The summed E-state index contributed by atoms with van der Waals surface area (Å²) in [6.45, 7) is 5.53. The molecule has 3 N–H and O–H groups in total. The van der Waals surface area contributed by atoms with E-state index in [-0.39, 0.29) is 6.73 Å². The average Bonchev–Trinajstić information content (AvgIpc) is 1.88. The molecule has 5 nitrogen and oxygen atoms in total. The van der Waals surface area contributed by atoms with Gasteiger partial charge in [-0.25, -0.2) is 10.1 Å². The summed E-state index contributed by atoms with van der Waals surface area (Å²) in [6, 6.07) is 0. The van der Waals surface area contributed by atoms with Gasteiger partial charge in [-0.3, -0.25) is 9.42 Å². The van der Waals surface area contributed by atoms with Crippen molar-refractivity contribution in [2.45, 2.75) is 13.8 Å². The molecule has 11 heavy (non-hydrogen) atoms. The molecule has 0 radical (unpaired) electrons. The lowest BCUT2D eigenvalue weighted by Gasteiger charge is -2.18. The van der Waals surface area contributed by atoms with Gasteiger partial charge in [-0.2, -0.15) is 0 Å². The molecular formula is C5H15N2O3P. The molecule has 0 aromatic rings. The Kier molecular flexibility index (Phi) is 4.88. The highest BCUT2D eigenvalue weighted by Gasteiger charge is 2.12. The summed E-state index contributed by atoms with van der Waals surface area (Å²) in [4.78, 5) is 10.4. The van der Waals surface area contributed by atoms with E-state index in [2.05, 4.69) is 4.52 Å². The van der Waals surface area contributed by atoms with Gasteiger partial charge in [-0.1, -0.05) is 13.8 Å². The molecule has 0 saturated carbocycles. The lowest BCUT2D eigenvalue weighted by molar-refractivity contribution is 0.123. The van der Waals surface area contributed by atoms with Crippen molar-refractivity contribution in [1.29, 1.82) is 0 Å². The molecular weight excluding hydrogens is 167 g/mol. The van der Waals surface area contributed by atoms with Crippen LogP contribution in [0.15, 0.2) is 0 Å². The molecule has 0 aromatic carbocycles. The Morgan fingerprint density at radius 3 is 2.27 bits per heavy atom. The van der Waals surface area contributed by atoms with Gasteiger partial charge in [0.2, 0.25) is 0 Å². The maximum absolute atomic E-state index is 10.4.